The molecule has 0 spiro atoms. The quantitative estimate of drug-likeness (QED) is 0.175. The van der Waals surface area contributed by atoms with Crippen LogP contribution in [-0.4, -0.2) is 50.8 Å². The van der Waals surface area contributed by atoms with Crippen molar-refractivity contribution in [1.82, 2.24) is 4.90 Å². The molecule has 1 saturated heterocycles. The first-order chi connectivity index (χ1) is 20.6. The van der Waals surface area contributed by atoms with Crippen molar-refractivity contribution in [2.45, 2.75) is 91.2 Å². The molecule has 230 valence electrons. The standard InChI is InChI=1S/C37H47NO5/c1-22(2)29-20-30-34(37(43)38(36(30)42)28-13-9-6-10-14-28)31(21-39)33(29)32(40)16-15-27(26-11-7-5-8-12-26)19-25-17-23(3)35(41)24(4)18-25/h5,7-8,11-12,17-19,22,28,30-32,34,39-41H,6,9-10,13-16,20-21H2,1-4H3/b27-19-/t30-,31+,32-,34-/m1/s1. The van der Waals surface area contributed by atoms with Gasteiger partial charge in [0.2, 0.25) is 11.8 Å². The summed E-state index contributed by atoms with van der Waals surface area (Å²) in [4.78, 5) is 29.1. The van der Waals surface area contributed by atoms with Crippen LogP contribution in [0.15, 0.2) is 53.6 Å². The molecule has 5 rings (SSSR count). The van der Waals surface area contributed by atoms with Gasteiger partial charge in [-0.15, -0.1) is 0 Å². The van der Waals surface area contributed by atoms with Gasteiger partial charge in [0.05, 0.1) is 24.5 Å². The molecule has 0 bridgehead atoms. The molecule has 0 unspecified atom stereocenters. The molecule has 3 aliphatic rings. The fourth-order valence-electron chi connectivity index (χ4n) is 7.84. The molecule has 2 aromatic carbocycles. The number of amides is 2. The van der Waals surface area contributed by atoms with Crippen LogP contribution >= 0.6 is 0 Å². The van der Waals surface area contributed by atoms with E-state index in [1.165, 1.54) is 0 Å². The van der Waals surface area contributed by atoms with Gasteiger partial charge in [-0.05, 0) is 97.4 Å². The number of aliphatic hydroxyl groups excluding tert-OH is 2. The van der Waals surface area contributed by atoms with Crippen molar-refractivity contribution in [3.8, 4) is 5.75 Å². The highest BCUT2D eigenvalue weighted by molar-refractivity contribution is 6.06. The molecule has 4 atom stereocenters. The Hall–Kier alpha value is -3.22. The number of hydrogen-bond acceptors (Lipinski definition) is 5. The first kappa shape index (κ1) is 31.2. The number of carbonyl (C=O) groups is 2. The number of rotatable bonds is 9. The largest absolute Gasteiger partial charge is 0.507 e. The van der Waals surface area contributed by atoms with Crippen LogP contribution < -0.4 is 0 Å². The zero-order chi connectivity index (χ0) is 30.8. The van der Waals surface area contributed by atoms with Crippen LogP contribution in [0.2, 0.25) is 0 Å². The number of benzene rings is 2. The molecule has 1 aliphatic heterocycles. The zero-order valence-electron chi connectivity index (χ0n) is 26.1. The molecule has 43 heavy (non-hydrogen) atoms. The Bertz CT molecular complexity index is 1380. The number of aryl methyl sites for hydroxylation is 2. The highest BCUT2D eigenvalue weighted by Gasteiger charge is 2.56. The van der Waals surface area contributed by atoms with Crippen molar-refractivity contribution in [2.75, 3.05) is 6.61 Å². The van der Waals surface area contributed by atoms with Gasteiger partial charge in [-0.1, -0.05) is 75.1 Å². The number of phenols is 1. The van der Waals surface area contributed by atoms with Crippen molar-refractivity contribution >= 4 is 23.5 Å². The summed E-state index contributed by atoms with van der Waals surface area (Å²) in [6.07, 6.45) is 7.63. The number of aliphatic hydroxyl groups is 2. The molecule has 1 saturated carbocycles. The molecule has 2 fully saturated rings. The van der Waals surface area contributed by atoms with E-state index in [2.05, 4.69) is 32.1 Å². The van der Waals surface area contributed by atoms with Crippen LogP contribution in [0, 0.1) is 37.5 Å². The van der Waals surface area contributed by atoms with E-state index in [0.717, 1.165) is 71.1 Å². The summed E-state index contributed by atoms with van der Waals surface area (Å²) in [5.41, 5.74) is 6.48. The van der Waals surface area contributed by atoms with E-state index >= 15 is 0 Å². The minimum Gasteiger partial charge on any atom is -0.507 e. The first-order valence-electron chi connectivity index (χ1n) is 16.1. The van der Waals surface area contributed by atoms with Gasteiger partial charge in [0, 0.05) is 12.0 Å². The van der Waals surface area contributed by atoms with Gasteiger partial charge < -0.3 is 15.3 Å². The van der Waals surface area contributed by atoms with Crippen LogP contribution in [0.3, 0.4) is 0 Å². The van der Waals surface area contributed by atoms with Gasteiger partial charge >= 0.3 is 0 Å². The predicted octanol–water partition coefficient (Wildman–Crippen LogP) is 6.59. The summed E-state index contributed by atoms with van der Waals surface area (Å²) in [6, 6.07) is 14.0. The lowest BCUT2D eigenvalue weighted by molar-refractivity contribution is -0.143. The van der Waals surface area contributed by atoms with Gasteiger partial charge in [-0.3, -0.25) is 14.5 Å². The second-order valence-corrected chi connectivity index (χ2v) is 13.2. The third-order valence-electron chi connectivity index (χ3n) is 10.0. The van der Waals surface area contributed by atoms with Crippen molar-refractivity contribution in [1.29, 1.82) is 0 Å². The monoisotopic (exact) mass is 585 g/mol. The highest BCUT2D eigenvalue weighted by Crippen LogP contribution is 2.49. The number of carbonyl (C=O) groups excluding carboxylic acids is 2. The molecule has 0 aromatic heterocycles. The average molecular weight is 586 g/mol. The minimum atomic E-state index is -0.850. The Morgan fingerprint density at radius 3 is 2.26 bits per heavy atom. The van der Waals surface area contributed by atoms with Crippen molar-refractivity contribution in [2.24, 2.45) is 23.7 Å². The number of hydrogen-bond donors (Lipinski definition) is 3. The molecule has 3 N–H and O–H groups in total. The van der Waals surface area contributed by atoms with E-state index in [4.69, 9.17) is 0 Å². The molecule has 6 heteroatoms. The summed E-state index contributed by atoms with van der Waals surface area (Å²) in [5, 5.41) is 32.8. The number of aromatic hydroxyl groups is 1. The number of likely N-dealkylation sites (tertiary alicyclic amines) is 1. The lowest BCUT2D eigenvalue weighted by Crippen LogP contribution is -2.42. The maximum atomic E-state index is 13.9. The van der Waals surface area contributed by atoms with Crippen molar-refractivity contribution < 1.29 is 24.9 Å². The van der Waals surface area contributed by atoms with Crippen molar-refractivity contribution in [3.63, 3.8) is 0 Å². The van der Waals surface area contributed by atoms with E-state index in [9.17, 15) is 24.9 Å². The fraction of sp³-hybridized carbons (Fsp3) is 0.514. The Balaban J connectivity index is 1.44. The van der Waals surface area contributed by atoms with Gasteiger partial charge in [0.25, 0.3) is 0 Å². The highest BCUT2D eigenvalue weighted by atomic mass is 16.3. The lowest BCUT2D eigenvalue weighted by Gasteiger charge is -2.38. The second-order valence-electron chi connectivity index (χ2n) is 13.2. The van der Waals surface area contributed by atoms with Crippen LogP contribution in [0.1, 0.15) is 87.5 Å². The SMILES string of the molecule is Cc1cc(/C=C(/CC[C@@H](O)C2=C(C(C)C)C[C@H]3C(=O)N(C4CCCCC4)C(=O)[C@H]3[C@H]2CO)c2ccccc2)cc(C)c1O. The van der Waals surface area contributed by atoms with Crippen LogP contribution in [0.25, 0.3) is 11.6 Å². The summed E-state index contributed by atoms with van der Waals surface area (Å²) in [6.45, 7) is 7.65. The lowest BCUT2D eigenvalue weighted by atomic mass is 9.66. The average Bonchev–Trinajstić information content (AvgIpc) is 3.26. The van der Waals surface area contributed by atoms with Crippen LogP contribution in [-0.2, 0) is 9.59 Å². The summed E-state index contributed by atoms with van der Waals surface area (Å²) in [7, 11) is 0. The van der Waals surface area contributed by atoms with E-state index in [1.54, 1.807) is 4.90 Å². The third kappa shape index (κ3) is 6.23. The molecule has 1 heterocycles. The Morgan fingerprint density at radius 2 is 1.65 bits per heavy atom. The van der Waals surface area contributed by atoms with Crippen LogP contribution in [0.4, 0.5) is 0 Å². The van der Waals surface area contributed by atoms with E-state index < -0.39 is 23.9 Å². The van der Waals surface area contributed by atoms with Gasteiger partial charge in [0.1, 0.15) is 5.75 Å². The molecule has 2 amide bonds. The molecular formula is C37H47NO5. The Kier molecular flexibility index (Phi) is 9.57. The maximum absolute atomic E-state index is 13.9. The first-order valence-corrected chi connectivity index (χ1v) is 16.1. The number of phenolic OH excluding ortho intramolecular Hbond substituents is 1. The maximum Gasteiger partial charge on any atom is 0.234 e. The van der Waals surface area contributed by atoms with E-state index in [1.807, 2.05) is 44.2 Å². The Labute approximate surface area is 256 Å². The smallest absolute Gasteiger partial charge is 0.234 e. The third-order valence-corrected chi connectivity index (χ3v) is 10.0. The van der Waals surface area contributed by atoms with Gasteiger partial charge in [-0.25, -0.2) is 0 Å². The molecular weight excluding hydrogens is 538 g/mol. The van der Waals surface area contributed by atoms with Gasteiger partial charge in [-0.2, -0.15) is 0 Å². The van der Waals surface area contributed by atoms with Crippen LogP contribution in [0.5, 0.6) is 5.75 Å². The minimum absolute atomic E-state index is 0.0414. The van der Waals surface area contributed by atoms with E-state index in [0.29, 0.717) is 25.0 Å². The normalized spacial score (nSPS) is 24.2. The van der Waals surface area contributed by atoms with Gasteiger partial charge in [0.15, 0.2) is 0 Å². The molecule has 2 aliphatic carbocycles. The molecule has 6 nitrogen and oxygen atoms in total. The number of imide groups is 1. The topological polar surface area (TPSA) is 98.1 Å². The number of allylic oxidation sites excluding steroid dienone is 2. The predicted molar refractivity (Wildman–Crippen MR) is 170 cm³/mol. The molecule has 2 aromatic rings. The second kappa shape index (κ2) is 13.2. The number of fused-ring (bicyclic) bond motifs is 1. The summed E-state index contributed by atoms with van der Waals surface area (Å²) >= 11 is 0. The summed E-state index contributed by atoms with van der Waals surface area (Å²) in [5.74, 6) is -1.49. The van der Waals surface area contributed by atoms with E-state index in [-0.39, 0.29) is 30.4 Å². The van der Waals surface area contributed by atoms with Crippen molar-refractivity contribution in [3.05, 3.63) is 75.9 Å². The number of nitrogens with zero attached hydrogens (tertiary/aromatic N) is 1. The summed E-state index contributed by atoms with van der Waals surface area (Å²) < 4.78 is 0. The zero-order valence-corrected chi connectivity index (χ0v) is 26.1. The Morgan fingerprint density at radius 1 is 1.00 bits per heavy atom. The fourth-order valence-corrected chi connectivity index (χ4v) is 7.84. The molecule has 0 radical (unpaired) electrons.